The molecule has 0 radical (unpaired) electrons. The minimum Gasteiger partial charge on any atom is -0.208 e. The molecule has 0 atom stereocenters. The Morgan fingerprint density at radius 2 is 0.603 bits per heavy atom. The summed E-state index contributed by atoms with van der Waals surface area (Å²) in [4.78, 5) is 15.9. The molecule has 320 valence electrons. The summed E-state index contributed by atoms with van der Waals surface area (Å²) in [5, 5.41) is 12.2. The molecule has 14 rings (SSSR count). The average molecular weight is 868 g/mol. The van der Waals surface area contributed by atoms with Gasteiger partial charge in [0, 0.05) is 27.5 Å². The zero-order valence-electron chi connectivity index (χ0n) is 38.4. The lowest BCUT2D eigenvalue weighted by Crippen LogP contribution is -2.15. The highest BCUT2D eigenvalue weighted by atomic mass is 15.0. The van der Waals surface area contributed by atoms with Gasteiger partial charge in [-0.15, -0.1) is 0 Å². The topological polar surface area (TPSA) is 38.7 Å². The van der Waals surface area contributed by atoms with Crippen LogP contribution in [0.1, 0.15) is 49.9 Å². The zero-order chi connectivity index (χ0) is 45.5. The largest absolute Gasteiger partial charge is 0.208 e. The number of hydrogen-bond acceptors (Lipinski definition) is 3. The maximum absolute atomic E-state index is 5.32. The molecule has 3 nitrogen and oxygen atoms in total. The van der Waals surface area contributed by atoms with Crippen molar-refractivity contribution in [2.45, 2.75) is 38.5 Å². The molecule has 0 spiro atoms. The van der Waals surface area contributed by atoms with E-state index in [0.29, 0.717) is 17.5 Å². The summed E-state index contributed by atoms with van der Waals surface area (Å²) < 4.78 is 0. The third-order valence-electron chi connectivity index (χ3n) is 15.5. The maximum Gasteiger partial charge on any atom is 0.164 e. The van der Waals surface area contributed by atoms with Crippen molar-refractivity contribution in [2.75, 3.05) is 0 Å². The van der Waals surface area contributed by atoms with Gasteiger partial charge in [0.25, 0.3) is 0 Å². The SMILES string of the molecule is CC1(C)c2cc(-c3ccc4c(c3)C(C)(C)c3ccc5ccccc5c3-4)ccc2-c2ccc(-c3nc(-c4ccc5ccc6ccccc6c5c4)nc(-c4ccc5ccc6ccccc6c5c4)n3)cc21. The normalized spacial score (nSPS) is 14.1. The van der Waals surface area contributed by atoms with E-state index in [1.54, 1.807) is 0 Å². The Morgan fingerprint density at radius 1 is 0.265 bits per heavy atom. The number of rotatable bonds is 4. The van der Waals surface area contributed by atoms with E-state index in [-0.39, 0.29) is 10.8 Å². The molecule has 1 aromatic heterocycles. The molecule has 2 aliphatic carbocycles. The van der Waals surface area contributed by atoms with Gasteiger partial charge in [-0.05, 0) is 140 Å². The summed E-state index contributed by atoms with van der Waals surface area (Å²) in [7, 11) is 0. The monoisotopic (exact) mass is 867 g/mol. The van der Waals surface area contributed by atoms with Gasteiger partial charge in [-0.2, -0.15) is 0 Å². The van der Waals surface area contributed by atoms with Gasteiger partial charge in [0.15, 0.2) is 17.5 Å². The summed E-state index contributed by atoms with van der Waals surface area (Å²) in [5.41, 5.74) is 15.7. The first-order valence-electron chi connectivity index (χ1n) is 23.7. The van der Waals surface area contributed by atoms with Crippen LogP contribution in [0.15, 0.2) is 200 Å². The molecular formula is C65H45N3. The first kappa shape index (κ1) is 38.9. The van der Waals surface area contributed by atoms with Crippen LogP contribution < -0.4 is 0 Å². The third kappa shape index (κ3) is 5.69. The van der Waals surface area contributed by atoms with Crippen LogP contribution in [0.4, 0.5) is 0 Å². The maximum atomic E-state index is 5.32. The Hall–Kier alpha value is -8.27. The highest BCUT2D eigenvalue weighted by molar-refractivity contribution is 6.10. The molecule has 11 aromatic carbocycles. The summed E-state index contributed by atoms with van der Waals surface area (Å²) >= 11 is 0. The number of benzene rings is 11. The predicted molar refractivity (Wildman–Crippen MR) is 284 cm³/mol. The molecule has 68 heavy (non-hydrogen) atoms. The Labute approximate surface area is 395 Å². The van der Waals surface area contributed by atoms with Crippen LogP contribution in [0.2, 0.25) is 0 Å². The van der Waals surface area contributed by atoms with Gasteiger partial charge < -0.3 is 0 Å². The van der Waals surface area contributed by atoms with Gasteiger partial charge in [0.05, 0.1) is 0 Å². The minimum absolute atomic E-state index is 0.104. The van der Waals surface area contributed by atoms with Gasteiger partial charge in [-0.25, -0.2) is 15.0 Å². The molecule has 0 bridgehead atoms. The van der Waals surface area contributed by atoms with Crippen LogP contribution in [0.25, 0.3) is 121 Å². The lowest BCUT2D eigenvalue weighted by molar-refractivity contribution is 0.660. The number of nitrogens with zero attached hydrogens (tertiary/aromatic N) is 3. The van der Waals surface area contributed by atoms with Crippen molar-refractivity contribution >= 4 is 53.9 Å². The van der Waals surface area contributed by atoms with Crippen molar-refractivity contribution in [3.05, 3.63) is 222 Å². The highest BCUT2D eigenvalue weighted by Crippen LogP contribution is 2.54. The van der Waals surface area contributed by atoms with Gasteiger partial charge in [-0.3, -0.25) is 0 Å². The lowest BCUT2D eigenvalue weighted by atomic mass is 9.80. The number of hydrogen-bond donors (Lipinski definition) is 0. The Balaban J connectivity index is 0.884. The second-order valence-corrected chi connectivity index (χ2v) is 20.0. The summed E-state index contributed by atoms with van der Waals surface area (Å²) in [5.74, 6) is 1.96. The standard InChI is InChI=1S/C65H45N3/c1-64(2)56-32-28-40-13-7-10-16-50(40)60(56)53-31-26-44(36-59(53)64)43-25-29-51-52-30-27-47(37-58(52)65(3,4)57(51)35-43)63-67-61(45-23-21-41-19-17-38-11-5-8-14-48(38)54(41)33-45)66-62(68-63)46-24-22-42-20-18-39-12-6-9-15-49(39)55(42)34-46/h5-37H,1-4H3. The molecule has 0 fully saturated rings. The molecule has 0 saturated heterocycles. The molecule has 1 heterocycles. The summed E-state index contributed by atoms with van der Waals surface area (Å²) in [6.07, 6.45) is 0. The third-order valence-corrected chi connectivity index (χ3v) is 15.5. The van der Waals surface area contributed by atoms with E-state index in [4.69, 9.17) is 15.0 Å². The minimum atomic E-state index is -0.265. The molecule has 0 N–H and O–H groups in total. The van der Waals surface area contributed by atoms with Gasteiger partial charge in [0.1, 0.15) is 0 Å². The zero-order valence-corrected chi connectivity index (χ0v) is 38.4. The van der Waals surface area contributed by atoms with Crippen LogP contribution in [0, 0.1) is 0 Å². The van der Waals surface area contributed by atoms with E-state index in [9.17, 15) is 0 Å². The number of fused-ring (bicyclic) bond motifs is 14. The van der Waals surface area contributed by atoms with Gasteiger partial charge in [-0.1, -0.05) is 198 Å². The first-order chi connectivity index (χ1) is 33.2. The summed E-state index contributed by atoms with van der Waals surface area (Å²) in [6.45, 7) is 9.48. The Kier molecular flexibility index (Phi) is 8.09. The molecule has 0 saturated carbocycles. The van der Waals surface area contributed by atoms with E-state index in [1.165, 1.54) is 109 Å². The van der Waals surface area contributed by atoms with Crippen LogP contribution in [-0.2, 0) is 10.8 Å². The smallest absolute Gasteiger partial charge is 0.164 e. The van der Waals surface area contributed by atoms with Gasteiger partial charge in [0.2, 0.25) is 0 Å². The molecule has 0 amide bonds. The predicted octanol–water partition coefficient (Wildman–Crippen LogP) is 16.9. The van der Waals surface area contributed by atoms with E-state index in [1.807, 2.05) is 0 Å². The van der Waals surface area contributed by atoms with Crippen LogP contribution in [0.5, 0.6) is 0 Å². The fourth-order valence-electron chi connectivity index (χ4n) is 11.8. The van der Waals surface area contributed by atoms with E-state index in [2.05, 4.69) is 228 Å². The van der Waals surface area contributed by atoms with Crippen molar-refractivity contribution in [1.82, 2.24) is 15.0 Å². The second-order valence-electron chi connectivity index (χ2n) is 20.0. The van der Waals surface area contributed by atoms with E-state index in [0.717, 1.165) is 16.7 Å². The fraction of sp³-hybridized carbons (Fsp3) is 0.0923. The quantitative estimate of drug-likeness (QED) is 0.165. The Bertz CT molecular complexity index is 4020. The van der Waals surface area contributed by atoms with E-state index < -0.39 is 0 Å². The molecule has 3 heteroatoms. The summed E-state index contributed by atoms with van der Waals surface area (Å²) in [6, 6.07) is 73.6. The second kappa shape index (κ2) is 14.1. The number of aromatic nitrogens is 3. The molecule has 0 unspecified atom stereocenters. The molecule has 0 aliphatic heterocycles. The van der Waals surface area contributed by atoms with Crippen molar-refractivity contribution in [3.63, 3.8) is 0 Å². The van der Waals surface area contributed by atoms with Crippen LogP contribution in [0.3, 0.4) is 0 Å². The van der Waals surface area contributed by atoms with Crippen LogP contribution in [-0.4, -0.2) is 15.0 Å². The van der Waals surface area contributed by atoms with E-state index >= 15 is 0 Å². The van der Waals surface area contributed by atoms with Crippen LogP contribution >= 0.6 is 0 Å². The lowest BCUT2D eigenvalue weighted by Gasteiger charge is -2.23. The fourth-order valence-corrected chi connectivity index (χ4v) is 11.8. The molecule has 2 aliphatic rings. The van der Waals surface area contributed by atoms with Crippen molar-refractivity contribution in [3.8, 4) is 67.5 Å². The Morgan fingerprint density at radius 3 is 1.13 bits per heavy atom. The average Bonchev–Trinajstić information content (AvgIpc) is 3.76. The first-order valence-corrected chi connectivity index (χ1v) is 23.7. The van der Waals surface area contributed by atoms with Crippen molar-refractivity contribution in [1.29, 1.82) is 0 Å². The molecular weight excluding hydrogens is 823 g/mol. The van der Waals surface area contributed by atoms with Crippen molar-refractivity contribution in [2.24, 2.45) is 0 Å². The van der Waals surface area contributed by atoms with Crippen molar-refractivity contribution < 1.29 is 0 Å². The highest BCUT2D eigenvalue weighted by Gasteiger charge is 2.38. The molecule has 12 aromatic rings. The van der Waals surface area contributed by atoms with Gasteiger partial charge >= 0.3 is 0 Å².